The Morgan fingerprint density at radius 1 is 1.09 bits per heavy atom. The van der Waals surface area contributed by atoms with E-state index in [-0.39, 0.29) is 0 Å². The van der Waals surface area contributed by atoms with Gasteiger partial charge in [0, 0.05) is 20.0 Å². The summed E-state index contributed by atoms with van der Waals surface area (Å²) in [5.41, 5.74) is 9.61. The standard InChI is InChI=1S/C18H15BrN2S/c1-3-16-18(12(2)20)21(14-9-5-4-8-13(14)19)15-10-6-7-11-17(15)22-16/h3-11H,1-2,20H2. The first kappa shape index (κ1) is 15.0. The Kier molecular flexibility index (Phi) is 4.14. The van der Waals surface area contributed by atoms with Gasteiger partial charge < -0.3 is 10.6 Å². The number of allylic oxidation sites excluding steroid dienone is 1. The van der Waals surface area contributed by atoms with Crippen molar-refractivity contribution in [1.29, 1.82) is 0 Å². The molecule has 110 valence electrons. The zero-order valence-electron chi connectivity index (χ0n) is 11.9. The minimum absolute atomic E-state index is 0.521. The van der Waals surface area contributed by atoms with Crippen molar-refractivity contribution in [2.45, 2.75) is 4.90 Å². The molecule has 0 atom stereocenters. The normalized spacial score (nSPS) is 13.8. The molecule has 3 rings (SSSR count). The monoisotopic (exact) mass is 370 g/mol. The molecule has 2 aromatic carbocycles. The maximum atomic E-state index is 6.10. The van der Waals surface area contributed by atoms with Crippen molar-refractivity contribution in [3.05, 3.63) is 88.5 Å². The smallest absolute Gasteiger partial charge is 0.0826 e. The minimum atomic E-state index is 0.521. The van der Waals surface area contributed by atoms with E-state index in [4.69, 9.17) is 5.73 Å². The van der Waals surface area contributed by atoms with Gasteiger partial charge >= 0.3 is 0 Å². The number of thioether (sulfide) groups is 1. The SMILES string of the molecule is C=CC1=C(C(=C)N)N(c2ccccc2Br)c2ccccc2S1. The van der Waals surface area contributed by atoms with E-state index < -0.39 is 0 Å². The van der Waals surface area contributed by atoms with Crippen LogP contribution in [0.5, 0.6) is 0 Å². The highest BCUT2D eigenvalue weighted by Gasteiger charge is 2.27. The Morgan fingerprint density at radius 3 is 2.36 bits per heavy atom. The van der Waals surface area contributed by atoms with Crippen LogP contribution < -0.4 is 10.6 Å². The van der Waals surface area contributed by atoms with Crippen LogP contribution in [0.3, 0.4) is 0 Å². The molecule has 2 aromatic rings. The van der Waals surface area contributed by atoms with Crippen LogP contribution in [0.4, 0.5) is 11.4 Å². The fourth-order valence-corrected chi connectivity index (χ4v) is 3.96. The number of nitrogens with two attached hydrogens (primary N) is 1. The van der Waals surface area contributed by atoms with Crippen molar-refractivity contribution >= 4 is 39.1 Å². The molecule has 0 radical (unpaired) electrons. The lowest BCUT2D eigenvalue weighted by atomic mass is 10.1. The van der Waals surface area contributed by atoms with Crippen LogP contribution in [0.2, 0.25) is 0 Å². The predicted molar refractivity (Wildman–Crippen MR) is 99.1 cm³/mol. The molecule has 2 nitrogen and oxygen atoms in total. The highest BCUT2D eigenvalue weighted by molar-refractivity contribution is 9.10. The lowest BCUT2D eigenvalue weighted by molar-refractivity contribution is 1.10. The van der Waals surface area contributed by atoms with E-state index in [0.29, 0.717) is 5.70 Å². The van der Waals surface area contributed by atoms with Crippen LogP contribution in [0, 0.1) is 0 Å². The van der Waals surface area contributed by atoms with E-state index in [1.807, 2.05) is 36.4 Å². The molecule has 0 fully saturated rings. The van der Waals surface area contributed by atoms with Gasteiger partial charge in [0.15, 0.2) is 0 Å². The summed E-state index contributed by atoms with van der Waals surface area (Å²) < 4.78 is 0.999. The largest absolute Gasteiger partial charge is 0.397 e. The average Bonchev–Trinajstić information content (AvgIpc) is 2.53. The van der Waals surface area contributed by atoms with Crippen LogP contribution in [-0.2, 0) is 0 Å². The summed E-state index contributed by atoms with van der Waals surface area (Å²) in [4.78, 5) is 4.30. The molecule has 0 spiro atoms. The summed E-state index contributed by atoms with van der Waals surface area (Å²) in [5.74, 6) is 0. The van der Waals surface area contributed by atoms with Gasteiger partial charge in [0.2, 0.25) is 0 Å². The third kappa shape index (κ3) is 2.49. The van der Waals surface area contributed by atoms with E-state index in [2.05, 4.69) is 52.2 Å². The molecule has 0 amide bonds. The Morgan fingerprint density at radius 2 is 1.73 bits per heavy atom. The summed E-state index contributed by atoms with van der Waals surface area (Å²) in [6, 6.07) is 16.3. The Labute approximate surface area is 143 Å². The molecule has 0 bridgehead atoms. The number of anilines is 2. The van der Waals surface area contributed by atoms with E-state index >= 15 is 0 Å². The molecule has 2 N–H and O–H groups in total. The summed E-state index contributed by atoms with van der Waals surface area (Å²) in [6.07, 6.45) is 1.83. The van der Waals surface area contributed by atoms with Crippen LogP contribution in [-0.4, -0.2) is 0 Å². The second kappa shape index (κ2) is 6.07. The molecule has 22 heavy (non-hydrogen) atoms. The van der Waals surface area contributed by atoms with Crippen molar-refractivity contribution in [3.63, 3.8) is 0 Å². The van der Waals surface area contributed by atoms with Gasteiger partial charge in [-0.3, -0.25) is 0 Å². The van der Waals surface area contributed by atoms with Gasteiger partial charge in [-0.15, -0.1) is 0 Å². The third-order valence-corrected chi connectivity index (χ3v) is 5.18. The Balaban J connectivity index is 2.31. The van der Waals surface area contributed by atoms with Crippen LogP contribution in [0.1, 0.15) is 0 Å². The minimum Gasteiger partial charge on any atom is -0.397 e. The van der Waals surface area contributed by atoms with Gasteiger partial charge in [-0.25, -0.2) is 0 Å². The first-order valence-electron chi connectivity index (χ1n) is 6.76. The fourth-order valence-electron chi connectivity index (χ4n) is 2.45. The highest BCUT2D eigenvalue weighted by Crippen LogP contribution is 2.49. The zero-order chi connectivity index (χ0) is 15.7. The van der Waals surface area contributed by atoms with Crippen LogP contribution >= 0.6 is 27.7 Å². The van der Waals surface area contributed by atoms with Crippen LogP contribution in [0.15, 0.2) is 93.4 Å². The molecule has 1 aliphatic rings. The van der Waals surface area contributed by atoms with Crippen molar-refractivity contribution in [2.75, 3.05) is 4.90 Å². The lowest BCUT2D eigenvalue weighted by Gasteiger charge is -2.35. The number of benzene rings is 2. The van der Waals surface area contributed by atoms with Gasteiger partial charge in [-0.1, -0.05) is 55.3 Å². The van der Waals surface area contributed by atoms with Crippen molar-refractivity contribution in [1.82, 2.24) is 0 Å². The number of nitrogens with zero attached hydrogens (tertiary/aromatic N) is 1. The quantitative estimate of drug-likeness (QED) is 0.766. The van der Waals surface area contributed by atoms with E-state index in [9.17, 15) is 0 Å². The molecule has 4 heteroatoms. The van der Waals surface area contributed by atoms with Crippen molar-refractivity contribution in [3.8, 4) is 0 Å². The van der Waals surface area contributed by atoms with Crippen molar-refractivity contribution in [2.24, 2.45) is 5.73 Å². The van der Waals surface area contributed by atoms with E-state index in [1.54, 1.807) is 11.8 Å². The van der Waals surface area contributed by atoms with Crippen molar-refractivity contribution < 1.29 is 0 Å². The first-order chi connectivity index (χ1) is 10.6. The molecule has 0 aromatic heterocycles. The number of halogens is 1. The third-order valence-electron chi connectivity index (χ3n) is 3.37. The van der Waals surface area contributed by atoms with Crippen LogP contribution in [0.25, 0.3) is 0 Å². The molecular formula is C18H15BrN2S. The van der Waals surface area contributed by atoms with E-state index in [1.165, 1.54) is 0 Å². The summed E-state index contributed by atoms with van der Waals surface area (Å²) in [7, 11) is 0. The second-order valence-electron chi connectivity index (χ2n) is 4.80. The first-order valence-corrected chi connectivity index (χ1v) is 8.37. The maximum absolute atomic E-state index is 6.10. The zero-order valence-corrected chi connectivity index (χ0v) is 14.3. The highest BCUT2D eigenvalue weighted by atomic mass is 79.9. The molecule has 0 aliphatic carbocycles. The van der Waals surface area contributed by atoms with E-state index in [0.717, 1.165) is 31.3 Å². The molecule has 0 unspecified atom stereocenters. The van der Waals surface area contributed by atoms with Gasteiger partial charge in [-0.05, 0) is 40.2 Å². The fraction of sp³-hybridized carbons (Fsp3) is 0. The van der Waals surface area contributed by atoms with Gasteiger partial charge in [-0.2, -0.15) is 0 Å². The van der Waals surface area contributed by atoms with Gasteiger partial charge in [0.25, 0.3) is 0 Å². The second-order valence-corrected chi connectivity index (χ2v) is 6.74. The molecule has 1 aliphatic heterocycles. The number of fused-ring (bicyclic) bond motifs is 1. The molecular weight excluding hydrogens is 356 g/mol. The lowest BCUT2D eigenvalue weighted by Crippen LogP contribution is -2.25. The Hall–Kier alpha value is -1.91. The summed E-state index contributed by atoms with van der Waals surface area (Å²) in [6.45, 7) is 7.88. The molecule has 1 heterocycles. The number of hydrogen-bond acceptors (Lipinski definition) is 3. The Bertz CT molecular complexity index is 795. The van der Waals surface area contributed by atoms with Gasteiger partial charge in [0.05, 0.1) is 17.1 Å². The maximum Gasteiger partial charge on any atom is 0.0826 e. The topological polar surface area (TPSA) is 29.3 Å². The average molecular weight is 371 g/mol. The molecule has 0 saturated heterocycles. The molecule has 0 saturated carbocycles. The number of hydrogen-bond donors (Lipinski definition) is 1. The predicted octanol–water partition coefficient (Wildman–Crippen LogP) is 5.56. The number of para-hydroxylation sites is 2. The van der Waals surface area contributed by atoms with Gasteiger partial charge in [0.1, 0.15) is 0 Å². The summed E-state index contributed by atoms with van der Waals surface area (Å²) in [5, 5.41) is 0. The number of rotatable bonds is 3. The summed E-state index contributed by atoms with van der Waals surface area (Å²) >= 11 is 5.30.